The van der Waals surface area contributed by atoms with Gasteiger partial charge in [-0.1, -0.05) is 6.07 Å². The predicted molar refractivity (Wildman–Crippen MR) is 78.3 cm³/mol. The SMILES string of the molecule is Fc1ccc(CNc2cc(C(F)(F)F)ccn2)c2ncccc12. The summed E-state index contributed by atoms with van der Waals surface area (Å²) in [4.78, 5) is 7.99. The molecule has 7 heteroatoms. The maximum atomic E-state index is 13.7. The normalized spacial score (nSPS) is 11.7. The first kappa shape index (κ1) is 15.2. The molecule has 3 rings (SSSR count). The van der Waals surface area contributed by atoms with Crippen molar-refractivity contribution in [3.05, 3.63) is 65.7 Å². The average molecular weight is 321 g/mol. The third kappa shape index (κ3) is 3.23. The Labute approximate surface area is 129 Å². The first-order valence-corrected chi connectivity index (χ1v) is 6.74. The van der Waals surface area contributed by atoms with E-state index in [9.17, 15) is 17.6 Å². The highest BCUT2D eigenvalue weighted by atomic mass is 19.4. The lowest BCUT2D eigenvalue weighted by molar-refractivity contribution is -0.137. The van der Waals surface area contributed by atoms with E-state index in [1.165, 1.54) is 12.3 Å². The van der Waals surface area contributed by atoms with Crippen LogP contribution in [0.25, 0.3) is 10.9 Å². The Hall–Kier alpha value is -2.70. The molecule has 0 bridgehead atoms. The molecule has 0 unspecified atom stereocenters. The molecule has 0 fully saturated rings. The molecule has 0 aliphatic rings. The third-order valence-corrected chi connectivity index (χ3v) is 3.35. The van der Waals surface area contributed by atoms with Gasteiger partial charge in [-0.3, -0.25) is 4.98 Å². The summed E-state index contributed by atoms with van der Waals surface area (Å²) in [5, 5.41) is 3.18. The summed E-state index contributed by atoms with van der Waals surface area (Å²) < 4.78 is 51.7. The van der Waals surface area contributed by atoms with Gasteiger partial charge in [0.1, 0.15) is 11.6 Å². The summed E-state index contributed by atoms with van der Waals surface area (Å²) in [6.07, 6.45) is -1.80. The molecule has 3 nitrogen and oxygen atoms in total. The second-order valence-electron chi connectivity index (χ2n) is 4.89. The van der Waals surface area contributed by atoms with Gasteiger partial charge in [0.25, 0.3) is 0 Å². The molecule has 118 valence electrons. The molecule has 0 saturated carbocycles. The van der Waals surface area contributed by atoms with E-state index < -0.39 is 17.6 Å². The number of rotatable bonds is 3. The van der Waals surface area contributed by atoms with Gasteiger partial charge in [-0.05, 0) is 35.9 Å². The Morgan fingerprint density at radius 3 is 2.61 bits per heavy atom. The topological polar surface area (TPSA) is 37.8 Å². The minimum atomic E-state index is -4.43. The number of hydrogen-bond acceptors (Lipinski definition) is 3. The Balaban J connectivity index is 1.86. The van der Waals surface area contributed by atoms with Crippen LogP contribution < -0.4 is 5.32 Å². The number of pyridine rings is 2. The molecule has 0 aliphatic carbocycles. The Kier molecular flexibility index (Phi) is 3.85. The van der Waals surface area contributed by atoms with Gasteiger partial charge >= 0.3 is 6.18 Å². The number of alkyl halides is 3. The van der Waals surface area contributed by atoms with Crippen molar-refractivity contribution in [3.8, 4) is 0 Å². The number of aromatic nitrogens is 2. The molecular weight excluding hydrogens is 310 g/mol. The minimum absolute atomic E-state index is 0.0910. The number of nitrogens with one attached hydrogen (secondary N) is 1. The van der Waals surface area contributed by atoms with E-state index in [-0.39, 0.29) is 12.4 Å². The zero-order chi connectivity index (χ0) is 16.4. The fourth-order valence-electron chi connectivity index (χ4n) is 2.23. The molecular formula is C16H11F4N3. The number of hydrogen-bond donors (Lipinski definition) is 1. The second kappa shape index (κ2) is 5.83. The summed E-state index contributed by atoms with van der Waals surface area (Å²) in [6, 6.07) is 7.91. The van der Waals surface area contributed by atoms with Crippen molar-refractivity contribution in [1.82, 2.24) is 9.97 Å². The zero-order valence-corrected chi connectivity index (χ0v) is 11.7. The maximum absolute atomic E-state index is 13.7. The van der Waals surface area contributed by atoms with E-state index in [1.54, 1.807) is 18.2 Å². The first-order chi connectivity index (χ1) is 10.9. The number of anilines is 1. The largest absolute Gasteiger partial charge is 0.416 e. The van der Waals surface area contributed by atoms with Crippen molar-refractivity contribution in [2.24, 2.45) is 0 Å². The predicted octanol–water partition coefficient (Wildman–Crippen LogP) is 4.40. The molecule has 0 radical (unpaired) electrons. The molecule has 23 heavy (non-hydrogen) atoms. The van der Waals surface area contributed by atoms with Crippen molar-refractivity contribution in [2.45, 2.75) is 12.7 Å². The van der Waals surface area contributed by atoms with Gasteiger partial charge in [0.05, 0.1) is 11.1 Å². The molecule has 0 amide bonds. The molecule has 0 aliphatic heterocycles. The zero-order valence-electron chi connectivity index (χ0n) is 11.7. The third-order valence-electron chi connectivity index (χ3n) is 3.35. The van der Waals surface area contributed by atoms with E-state index in [0.717, 1.165) is 18.3 Å². The van der Waals surface area contributed by atoms with E-state index in [1.807, 2.05) is 0 Å². The Morgan fingerprint density at radius 2 is 1.83 bits per heavy atom. The molecule has 1 N–H and O–H groups in total. The van der Waals surface area contributed by atoms with Gasteiger partial charge in [0.15, 0.2) is 0 Å². The molecule has 0 saturated heterocycles. The molecule has 0 spiro atoms. The highest BCUT2D eigenvalue weighted by Gasteiger charge is 2.30. The van der Waals surface area contributed by atoms with Gasteiger partial charge in [-0.15, -0.1) is 0 Å². The van der Waals surface area contributed by atoms with Crippen LogP contribution >= 0.6 is 0 Å². The molecule has 3 aromatic rings. The van der Waals surface area contributed by atoms with Crippen molar-refractivity contribution < 1.29 is 17.6 Å². The quantitative estimate of drug-likeness (QED) is 0.727. The average Bonchev–Trinajstić information content (AvgIpc) is 2.54. The van der Waals surface area contributed by atoms with E-state index in [2.05, 4.69) is 15.3 Å². The lowest BCUT2D eigenvalue weighted by Gasteiger charge is -2.11. The van der Waals surface area contributed by atoms with Crippen LogP contribution in [0.5, 0.6) is 0 Å². The highest BCUT2D eigenvalue weighted by Crippen LogP contribution is 2.30. The van der Waals surface area contributed by atoms with Crippen LogP contribution in [0.2, 0.25) is 0 Å². The monoisotopic (exact) mass is 321 g/mol. The summed E-state index contributed by atoms with van der Waals surface area (Å²) in [5.74, 6) is -0.303. The first-order valence-electron chi connectivity index (χ1n) is 6.74. The van der Waals surface area contributed by atoms with Crippen LogP contribution in [0.4, 0.5) is 23.4 Å². The van der Waals surface area contributed by atoms with Gasteiger partial charge in [-0.25, -0.2) is 9.37 Å². The maximum Gasteiger partial charge on any atom is 0.416 e. The van der Waals surface area contributed by atoms with Crippen LogP contribution in [0.15, 0.2) is 48.8 Å². The fourth-order valence-corrected chi connectivity index (χ4v) is 2.23. The van der Waals surface area contributed by atoms with E-state index in [0.29, 0.717) is 16.5 Å². The number of nitrogens with zero attached hydrogens (tertiary/aromatic N) is 2. The lowest BCUT2D eigenvalue weighted by atomic mass is 10.1. The summed E-state index contributed by atoms with van der Waals surface area (Å²) in [7, 11) is 0. The Morgan fingerprint density at radius 1 is 1.00 bits per heavy atom. The van der Waals surface area contributed by atoms with Crippen LogP contribution in [-0.2, 0) is 12.7 Å². The summed E-state index contributed by atoms with van der Waals surface area (Å²) in [6.45, 7) is 0.183. The van der Waals surface area contributed by atoms with Gasteiger partial charge in [0, 0.05) is 24.3 Å². The van der Waals surface area contributed by atoms with Crippen LogP contribution in [0.1, 0.15) is 11.1 Å². The van der Waals surface area contributed by atoms with Gasteiger partial charge < -0.3 is 5.32 Å². The van der Waals surface area contributed by atoms with Gasteiger partial charge in [-0.2, -0.15) is 13.2 Å². The lowest BCUT2D eigenvalue weighted by Crippen LogP contribution is -2.08. The van der Waals surface area contributed by atoms with Crippen molar-refractivity contribution >= 4 is 16.7 Å². The van der Waals surface area contributed by atoms with Crippen LogP contribution in [0.3, 0.4) is 0 Å². The molecule has 2 heterocycles. The number of benzene rings is 1. The number of fused-ring (bicyclic) bond motifs is 1. The summed E-state index contributed by atoms with van der Waals surface area (Å²) in [5.41, 5.74) is 0.352. The number of halogens is 4. The van der Waals surface area contributed by atoms with Crippen molar-refractivity contribution in [2.75, 3.05) is 5.32 Å². The van der Waals surface area contributed by atoms with Crippen molar-refractivity contribution in [3.63, 3.8) is 0 Å². The summed E-state index contributed by atoms with van der Waals surface area (Å²) >= 11 is 0. The highest BCUT2D eigenvalue weighted by molar-refractivity contribution is 5.82. The van der Waals surface area contributed by atoms with E-state index >= 15 is 0 Å². The van der Waals surface area contributed by atoms with Crippen molar-refractivity contribution in [1.29, 1.82) is 0 Å². The molecule has 2 aromatic heterocycles. The second-order valence-corrected chi connectivity index (χ2v) is 4.89. The standard InChI is InChI=1S/C16H11F4N3/c17-13-4-3-10(15-12(13)2-1-6-22-15)9-23-14-8-11(5-7-21-14)16(18,19)20/h1-8H,9H2,(H,21,23). The smallest absolute Gasteiger partial charge is 0.366 e. The molecule has 1 aromatic carbocycles. The van der Waals surface area contributed by atoms with Crippen LogP contribution in [-0.4, -0.2) is 9.97 Å². The van der Waals surface area contributed by atoms with Crippen LogP contribution in [0, 0.1) is 5.82 Å². The minimum Gasteiger partial charge on any atom is -0.366 e. The van der Waals surface area contributed by atoms with E-state index in [4.69, 9.17) is 0 Å². The molecule has 0 atom stereocenters. The van der Waals surface area contributed by atoms with Gasteiger partial charge in [0.2, 0.25) is 0 Å². The fraction of sp³-hybridized carbons (Fsp3) is 0.125. The Bertz CT molecular complexity index is 846.